The van der Waals surface area contributed by atoms with Crippen LogP contribution in [0.3, 0.4) is 0 Å². The van der Waals surface area contributed by atoms with Crippen molar-refractivity contribution in [3.05, 3.63) is 35.8 Å². The van der Waals surface area contributed by atoms with E-state index in [1.165, 1.54) is 17.8 Å². The third kappa shape index (κ3) is 1.47. The predicted molar refractivity (Wildman–Crippen MR) is 63.5 cm³/mol. The van der Waals surface area contributed by atoms with E-state index in [1.807, 2.05) is 7.05 Å². The summed E-state index contributed by atoms with van der Waals surface area (Å²) in [5.41, 5.74) is 2.51. The van der Waals surface area contributed by atoms with Crippen molar-refractivity contribution in [2.24, 2.45) is 5.92 Å². The van der Waals surface area contributed by atoms with E-state index in [1.54, 1.807) is 7.11 Å². The van der Waals surface area contributed by atoms with Gasteiger partial charge in [0.1, 0.15) is 0 Å². The molecule has 0 bridgehead atoms. The number of fused-ring (bicyclic) bond motifs is 1. The Morgan fingerprint density at radius 1 is 1.50 bits per heavy atom. The first kappa shape index (κ1) is 9.97. The summed E-state index contributed by atoms with van der Waals surface area (Å²) in [6.07, 6.45) is 11.5. The summed E-state index contributed by atoms with van der Waals surface area (Å²) in [7, 11) is 3.74. The van der Waals surface area contributed by atoms with Crippen molar-refractivity contribution in [3.63, 3.8) is 0 Å². The van der Waals surface area contributed by atoms with Crippen LogP contribution in [-0.4, -0.2) is 31.2 Å². The van der Waals surface area contributed by atoms with E-state index >= 15 is 0 Å². The molecule has 16 heavy (non-hydrogen) atoms. The van der Waals surface area contributed by atoms with Crippen molar-refractivity contribution >= 4 is 0 Å². The molecule has 0 amide bonds. The molecule has 1 heterocycles. The molecule has 0 spiro atoms. The minimum Gasteiger partial charge on any atom is -0.387 e. The fourth-order valence-electron chi connectivity index (χ4n) is 2.60. The third-order valence-corrected chi connectivity index (χ3v) is 3.68. The largest absolute Gasteiger partial charge is 0.387 e. The quantitative estimate of drug-likeness (QED) is 0.779. The van der Waals surface area contributed by atoms with Gasteiger partial charge in [-0.1, -0.05) is 12.2 Å². The summed E-state index contributed by atoms with van der Waals surface area (Å²) in [5, 5.41) is 3.27. The SMILES string of the molecule is CNC1=CC(OC)CC=C1N1C=CC2CC21. The van der Waals surface area contributed by atoms with Gasteiger partial charge in [0, 0.05) is 32.3 Å². The highest BCUT2D eigenvalue weighted by atomic mass is 16.5. The molecule has 0 aromatic carbocycles. The molecule has 1 aliphatic heterocycles. The number of rotatable bonds is 3. The van der Waals surface area contributed by atoms with Gasteiger partial charge < -0.3 is 15.0 Å². The van der Waals surface area contributed by atoms with Crippen LogP contribution in [0.1, 0.15) is 12.8 Å². The van der Waals surface area contributed by atoms with E-state index in [0.29, 0.717) is 0 Å². The lowest BCUT2D eigenvalue weighted by Gasteiger charge is -2.28. The number of likely N-dealkylation sites (N-methyl/N-ethyl adjacent to an activating group) is 1. The number of methoxy groups -OCH3 is 1. The van der Waals surface area contributed by atoms with Crippen molar-refractivity contribution < 1.29 is 4.74 Å². The van der Waals surface area contributed by atoms with Gasteiger partial charge in [-0.3, -0.25) is 0 Å². The van der Waals surface area contributed by atoms with E-state index in [9.17, 15) is 0 Å². The average molecular weight is 218 g/mol. The zero-order valence-corrected chi connectivity index (χ0v) is 9.81. The lowest BCUT2D eigenvalue weighted by atomic mass is 10.1. The Morgan fingerprint density at radius 2 is 2.38 bits per heavy atom. The Labute approximate surface area is 96.5 Å². The molecular weight excluding hydrogens is 200 g/mol. The van der Waals surface area contributed by atoms with Gasteiger partial charge in [-0.15, -0.1) is 0 Å². The monoisotopic (exact) mass is 218 g/mol. The van der Waals surface area contributed by atoms with Gasteiger partial charge in [-0.2, -0.15) is 0 Å². The minimum absolute atomic E-state index is 0.216. The first-order valence-corrected chi connectivity index (χ1v) is 5.93. The van der Waals surface area contributed by atoms with Gasteiger partial charge >= 0.3 is 0 Å². The summed E-state index contributed by atoms with van der Waals surface area (Å²) in [4.78, 5) is 2.40. The minimum atomic E-state index is 0.216. The summed E-state index contributed by atoms with van der Waals surface area (Å²) >= 11 is 0. The van der Waals surface area contributed by atoms with Crippen molar-refractivity contribution in [1.29, 1.82) is 0 Å². The Morgan fingerprint density at radius 3 is 2.94 bits per heavy atom. The van der Waals surface area contributed by atoms with Gasteiger partial charge in [0.05, 0.1) is 17.5 Å². The van der Waals surface area contributed by atoms with Gasteiger partial charge in [-0.25, -0.2) is 0 Å². The molecule has 2 aliphatic carbocycles. The normalized spacial score (nSPS) is 35.6. The van der Waals surface area contributed by atoms with Crippen molar-refractivity contribution in [2.75, 3.05) is 14.2 Å². The van der Waals surface area contributed by atoms with Crippen LogP contribution in [0.4, 0.5) is 0 Å². The molecule has 0 aromatic heterocycles. The van der Waals surface area contributed by atoms with Gasteiger partial charge in [0.15, 0.2) is 0 Å². The highest BCUT2D eigenvalue weighted by Crippen LogP contribution is 2.45. The van der Waals surface area contributed by atoms with Crippen LogP contribution >= 0.6 is 0 Å². The maximum atomic E-state index is 5.37. The van der Waals surface area contributed by atoms with Crippen molar-refractivity contribution in [1.82, 2.24) is 10.2 Å². The van der Waals surface area contributed by atoms with Gasteiger partial charge in [-0.05, 0) is 18.9 Å². The predicted octanol–water partition coefficient (Wildman–Crippen LogP) is 1.61. The second kappa shape index (κ2) is 3.67. The summed E-state index contributed by atoms with van der Waals surface area (Å²) in [6, 6.07) is 0.724. The molecule has 1 fully saturated rings. The molecule has 3 rings (SSSR count). The molecular formula is C13H18N2O. The second-order valence-electron chi connectivity index (χ2n) is 4.65. The fraction of sp³-hybridized carbons (Fsp3) is 0.538. The van der Waals surface area contributed by atoms with Crippen LogP contribution in [0, 0.1) is 5.92 Å². The Balaban J connectivity index is 1.82. The zero-order chi connectivity index (χ0) is 11.1. The fourth-order valence-corrected chi connectivity index (χ4v) is 2.60. The number of nitrogens with one attached hydrogen (secondary N) is 1. The van der Waals surface area contributed by atoms with E-state index < -0.39 is 0 Å². The van der Waals surface area contributed by atoms with E-state index in [4.69, 9.17) is 4.74 Å². The highest BCUT2D eigenvalue weighted by molar-refractivity contribution is 5.38. The van der Waals surface area contributed by atoms with E-state index in [-0.39, 0.29) is 6.10 Å². The van der Waals surface area contributed by atoms with E-state index in [0.717, 1.165) is 18.4 Å². The van der Waals surface area contributed by atoms with Crippen LogP contribution in [0.25, 0.3) is 0 Å². The average Bonchev–Trinajstić information content (AvgIpc) is 3.00. The van der Waals surface area contributed by atoms with Crippen LogP contribution < -0.4 is 5.32 Å². The molecule has 3 nitrogen and oxygen atoms in total. The number of hydrogen-bond acceptors (Lipinski definition) is 3. The molecule has 3 unspecified atom stereocenters. The third-order valence-electron chi connectivity index (χ3n) is 3.68. The van der Waals surface area contributed by atoms with Crippen LogP contribution in [0.2, 0.25) is 0 Å². The molecule has 3 heteroatoms. The van der Waals surface area contributed by atoms with E-state index in [2.05, 4.69) is 34.6 Å². The summed E-state index contributed by atoms with van der Waals surface area (Å²) in [5.74, 6) is 0.805. The smallest absolute Gasteiger partial charge is 0.0810 e. The number of ether oxygens (including phenoxy) is 1. The standard InChI is InChI=1S/C13H18N2O/c1-14-11-8-10(16-2)3-4-12(11)15-6-5-9-7-13(9)15/h4-6,8-10,13-14H,3,7H2,1-2H3. The van der Waals surface area contributed by atoms with Crippen molar-refractivity contribution in [3.8, 4) is 0 Å². The topological polar surface area (TPSA) is 24.5 Å². The van der Waals surface area contributed by atoms with Crippen LogP contribution in [0.5, 0.6) is 0 Å². The maximum absolute atomic E-state index is 5.37. The Hall–Kier alpha value is -1.22. The Kier molecular flexibility index (Phi) is 2.28. The van der Waals surface area contributed by atoms with Gasteiger partial charge in [0.2, 0.25) is 0 Å². The molecule has 3 aliphatic rings. The Bertz CT molecular complexity index is 383. The first-order chi connectivity index (χ1) is 7.83. The molecule has 1 N–H and O–H groups in total. The lowest BCUT2D eigenvalue weighted by molar-refractivity contribution is 0.140. The molecule has 0 saturated heterocycles. The molecule has 1 saturated carbocycles. The van der Waals surface area contributed by atoms with Gasteiger partial charge in [0.25, 0.3) is 0 Å². The number of nitrogens with zero attached hydrogens (tertiary/aromatic N) is 1. The molecule has 86 valence electrons. The van der Waals surface area contributed by atoms with Crippen LogP contribution in [0.15, 0.2) is 35.8 Å². The maximum Gasteiger partial charge on any atom is 0.0810 e. The molecule has 3 atom stereocenters. The van der Waals surface area contributed by atoms with Crippen LogP contribution in [-0.2, 0) is 4.74 Å². The highest BCUT2D eigenvalue weighted by Gasteiger charge is 2.44. The zero-order valence-electron chi connectivity index (χ0n) is 9.81. The molecule has 0 aromatic rings. The second-order valence-corrected chi connectivity index (χ2v) is 4.65. The molecule has 0 radical (unpaired) electrons. The first-order valence-electron chi connectivity index (χ1n) is 5.93. The summed E-state index contributed by atoms with van der Waals surface area (Å²) < 4.78 is 5.37. The lowest BCUT2D eigenvalue weighted by Crippen LogP contribution is -2.28. The number of hydrogen-bond donors (Lipinski definition) is 1. The van der Waals surface area contributed by atoms with Crippen molar-refractivity contribution in [2.45, 2.75) is 25.0 Å². The summed E-state index contributed by atoms with van der Waals surface area (Å²) in [6.45, 7) is 0.